The van der Waals surface area contributed by atoms with Crippen LogP contribution in [0.3, 0.4) is 0 Å². The Morgan fingerprint density at radius 3 is 2.66 bits per heavy atom. The Balaban J connectivity index is 0.00000420. The molecule has 1 aromatic rings. The summed E-state index contributed by atoms with van der Waals surface area (Å²) in [5.74, 6) is 1.44. The maximum Gasteiger partial charge on any atom is 0.241 e. The molecule has 0 aliphatic carbocycles. The number of nitrogens with zero attached hydrogens (tertiary/aromatic N) is 3. The Morgan fingerprint density at radius 2 is 1.97 bits per heavy atom. The van der Waals surface area contributed by atoms with Crippen LogP contribution in [0.2, 0.25) is 0 Å². The molecule has 0 atom stereocenters. The summed E-state index contributed by atoms with van der Waals surface area (Å²) in [7, 11) is 5.14. The summed E-state index contributed by atoms with van der Waals surface area (Å²) in [5, 5.41) is 6.45. The van der Waals surface area contributed by atoms with E-state index in [9.17, 15) is 4.79 Å². The second kappa shape index (κ2) is 14.4. The minimum Gasteiger partial charge on any atom is -0.496 e. The number of hydrogen-bond donors (Lipinski definition) is 2. The van der Waals surface area contributed by atoms with E-state index in [-0.39, 0.29) is 36.4 Å². The van der Waals surface area contributed by atoms with Gasteiger partial charge in [-0.15, -0.1) is 24.0 Å². The number of guanidine groups is 1. The van der Waals surface area contributed by atoms with Gasteiger partial charge in [-0.1, -0.05) is 18.2 Å². The molecular formula is C20H34IN5O3. The zero-order valence-electron chi connectivity index (χ0n) is 17.6. The quantitative estimate of drug-likeness (QED) is 0.221. The van der Waals surface area contributed by atoms with E-state index >= 15 is 0 Å². The van der Waals surface area contributed by atoms with Gasteiger partial charge in [-0.3, -0.25) is 9.69 Å². The molecule has 1 aromatic carbocycles. The van der Waals surface area contributed by atoms with Crippen molar-refractivity contribution in [1.29, 1.82) is 0 Å². The molecule has 0 radical (unpaired) electrons. The Bertz CT molecular complexity index is 636. The van der Waals surface area contributed by atoms with Crippen LogP contribution < -0.4 is 15.4 Å². The molecule has 1 saturated heterocycles. The predicted molar refractivity (Wildman–Crippen MR) is 126 cm³/mol. The van der Waals surface area contributed by atoms with Crippen molar-refractivity contribution < 1.29 is 14.3 Å². The van der Waals surface area contributed by atoms with E-state index in [4.69, 9.17) is 9.47 Å². The second-order valence-corrected chi connectivity index (χ2v) is 6.85. The van der Waals surface area contributed by atoms with Gasteiger partial charge in [0, 0.05) is 39.3 Å². The molecule has 1 aliphatic rings. The molecule has 0 bridgehead atoms. The molecule has 1 heterocycles. The summed E-state index contributed by atoms with van der Waals surface area (Å²) < 4.78 is 10.8. The molecule has 2 rings (SSSR count). The van der Waals surface area contributed by atoms with E-state index in [1.54, 1.807) is 26.1 Å². The molecule has 29 heavy (non-hydrogen) atoms. The first-order valence-electron chi connectivity index (χ1n) is 9.74. The lowest BCUT2D eigenvalue weighted by molar-refractivity contribution is -0.127. The number of nitrogens with one attached hydrogen (secondary N) is 2. The van der Waals surface area contributed by atoms with E-state index in [1.165, 1.54) is 0 Å². The number of benzene rings is 1. The Labute approximate surface area is 191 Å². The van der Waals surface area contributed by atoms with E-state index in [0.29, 0.717) is 12.5 Å². The number of amides is 1. The monoisotopic (exact) mass is 519 g/mol. The van der Waals surface area contributed by atoms with E-state index in [2.05, 4.69) is 20.5 Å². The summed E-state index contributed by atoms with van der Waals surface area (Å²) in [4.78, 5) is 20.5. The van der Waals surface area contributed by atoms with E-state index < -0.39 is 0 Å². The zero-order valence-corrected chi connectivity index (χ0v) is 20.0. The van der Waals surface area contributed by atoms with Gasteiger partial charge in [0.25, 0.3) is 0 Å². The SMILES string of the molecule is COc1ccccc1CN=C(NCCCN1CCOCC1)NCC(=O)N(C)C.I. The molecule has 0 saturated carbocycles. The number of methoxy groups -OCH3 is 1. The summed E-state index contributed by atoms with van der Waals surface area (Å²) in [6.45, 7) is 6.08. The van der Waals surface area contributed by atoms with Crippen molar-refractivity contribution in [3.8, 4) is 5.75 Å². The van der Waals surface area contributed by atoms with E-state index in [1.807, 2.05) is 24.3 Å². The minimum absolute atomic E-state index is 0. The van der Waals surface area contributed by atoms with Gasteiger partial charge < -0.3 is 25.0 Å². The zero-order chi connectivity index (χ0) is 20.2. The van der Waals surface area contributed by atoms with Crippen LogP contribution in [0.25, 0.3) is 0 Å². The van der Waals surface area contributed by atoms with Crippen LogP contribution in [0.15, 0.2) is 29.3 Å². The van der Waals surface area contributed by atoms with Gasteiger partial charge in [0.15, 0.2) is 5.96 Å². The van der Waals surface area contributed by atoms with Gasteiger partial charge >= 0.3 is 0 Å². The van der Waals surface area contributed by atoms with Crippen molar-refractivity contribution in [3.63, 3.8) is 0 Å². The van der Waals surface area contributed by atoms with E-state index in [0.717, 1.165) is 57.1 Å². The number of rotatable bonds is 9. The summed E-state index contributed by atoms with van der Waals surface area (Å²) in [6.07, 6.45) is 0.997. The molecule has 1 fully saturated rings. The Morgan fingerprint density at radius 1 is 1.24 bits per heavy atom. The number of aliphatic imine (C=N–C) groups is 1. The van der Waals surface area contributed by atoms with Crippen molar-refractivity contribution in [1.82, 2.24) is 20.4 Å². The maximum atomic E-state index is 11.9. The molecule has 0 unspecified atom stereocenters. The fourth-order valence-electron chi connectivity index (χ4n) is 2.82. The molecule has 8 nitrogen and oxygen atoms in total. The van der Waals surface area contributed by atoms with Gasteiger partial charge in [-0.25, -0.2) is 4.99 Å². The van der Waals surface area contributed by atoms with Crippen LogP contribution in [0, 0.1) is 0 Å². The van der Waals surface area contributed by atoms with Gasteiger partial charge in [0.1, 0.15) is 5.75 Å². The number of carbonyl (C=O) groups is 1. The molecule has 0 spiro atoms. The molecular weight excluding hydrogens is 485 g/mol. The topological polar surface area (TPSA) is 78.4 Å². The van der Waals surface area contributed by atoms with Crippen LogP contribution in [0.5, 0.6) is 5.75 Å². The lowest BCUT2D eigenvalue weighted by atomic mass is 10.2. The largest absolute Gasteiger partial charge is 0.496 e. The van der Waals surface area contributed by atoms with Crippen molar-refractivity contribution in [3.05, 3.63) is 29.8 Å². The summed E-state index contributed by atoms with van der Waals surface area (Å²) in [5.41, 5.74) is 0.998. The average Bonchev–Trinajstić information content (AvgIpc) is 2.73. The molecule has 1 amide bonds. The normalized spacial score (nSPS) is 14.7. The molecule has 1 aliphatic heterocycles. The number of hydrogen-bond acceptors (Lipinski definition) is 5. The Kier molecular flexibility index (Phi) is 12.6. The van der Waals surface area contributed by atoms with Crippen molar-refractivity contribution >= 4 is 35.8 Å². The van der Waals surface area contributed by atoms with Crippen LogP contribution >= 0.6 is 24.0 Å². The lowest BCUT2D eigenvalue weighted by Crippen LogP contribution is -2.44. The minimum atomic E-state index is 0. The van der Waals surface area contributed by atoms with Gasteiger partial charge in [-0.05, 0) is 19.0 Å². The summed E-state index contributed by atoms with van der Waals surface area (Å²) >= 11 is 0. The highest BCUT2D eigenvalue weighted by atomic mass is 127. The third kappa shape index (κ3) is 9.64. The van der Waals surface area contributed by atoms with Crippen molar-refractivity contribution in [2.75, 3.05) is 67.1 Å². The number of morpholine rings is 1. The third-order valence-electron chi connectivity index (χ3n) is 4.55. The van der Waals surface area contributed by atoms with Crippen molar-refractivity contribution in [2.24, 2.45) is 4.99 Å². The average molecular weight is 519 g/mol. The lowest BCUT2D eigenvalue weighted by Gasteiger charge is -2.26. The first-order chi connectivity index (χ1) is 13.6. The number of halogens is 1. The standard InChI is InChI=1S/C20H33N5O3.HI/c1-24(2)19(26)16-23-20(21-9-6-10-25-11-13-28-14-12-25)22-15-17-7-4-5-8-18(17)27-3;/h4-5,7-8H,6,9-16H2,1-3H3,(H2,21,22,23);1H. The van der Waals surface area contributed by atoms with Crippen LogP contribution in [0.1, 0.15) is 12.0 Å². The maximum absolute atomic E-state index is 11.9. The van der Waals surface area contributed by atoms with Gasteiger partial charge in [0.05, 0.1) is 33.4 Å². The van der Waals surface area contributed by atoms with Gasteiger partial charge in [0.2, 0.25) is 5.91 Å². The molecule has 2 N–H and O–H groups in total. The highest BCUT2D eigenvalue weighted by Gasteiger charge is 2.10. The molecule has 9 heteroatoms. The number of para-hydroxylation sites is 1. The fourth-order valence-corrected chi connectivity index (χ4v) is 2.82. The van der Waals surface area contributed by atoms with Gasteiger partial charge in [-0.2, -0.15) is 0 Å². The first-order valence-corrected chi connectivity index (χ1v) is 9.74. The summed E-state index contributed by atoms with van der Waals surface area (Å²) in [6, 6.07) is 7.81. The van der Waals surface area contributed by atoms with Crippen molar-refractivity contribution in [2.45, 2.75) is 13.0 Å². The van der Waals surface area contributed by atoms with Crippen LogP contribution in [-0.4, -0.2) is 88.8 Å². The Hall–Kier alpha value is -1.59. The second-order valence-electron chi connectivity index (χ2n) is 6.85. The smallest absolute Gasteiger partial charge is 0.241 e. The van der Waals surface area contributed by atoms with Crippen LogP contribution in [0.4, 0.5) is 0 Å². The predicted octanol–water partition coefficient (Wildman–Crippen LogP) is 1.16. The fraction of sp³-hybridized carbons (Fsp3) is 0.600. The highest BCUT2D eigenvalue weighted by Crippen LogP contribution is 2.17. The number of likely N-dealkylation sites (N-methyl/N-ethyl adjacent to an activating group) is 1. The first kappa shape index (κ1) is 25.4. The van der Waals surface area contributed by atoms with Crippen LogP contribution in [-0.2, 0) is 16.1 Å². The third-order valence-corrected chi connectivity index (χ3v) is 4.55. The number of carbonyl (C=O) groups excluding carboxylic acids is 1. The molecule has 164 valence electrons. The molecule has 0 aromatic heterocycles. The highest BCUT2D eigenvalue weighted by molar-refractivity contribution is 14.0. The number of ether oxygens (including phenoxy) is 2.